The molecule has 8 heteroatoms. The maximum Gasteiger partial charge on any atom is 0.230 e. The molecule has 0 radical (unpaired) electrons. The number of pyridine rings is 1. The van der Waals surface area contributed by atoms with Crippen molar-refractivity contribution in [2.45, 2.75) is 32.1 Å². The average molecular weight is 499 g/mol. The minimum atomic E-state index is -0.108. The summed E-state index contributed by atoms with van der Waals surface area (Å²) in [6.45, 7) is 4.75. The summed E-state index contributed by atoms with van der Waals surface area (Å²) in [5, 5.41) is 4.63. The van der Waals surface area contributed by atoms with Crippen molar-refractivity contribution in [3.63, 3.8) is 0 Å². The van der Waals surface area contributed by atoms with E-state index in [-0.39, 0.29) is 5.41 Å². The number of fused-ring (bicyclic) bond motifs is 2. The van der Waals surface area contributed by atoms with Crippen LogP contribution < -0.4 is 5.32 Å². The largest absolute Gasteiger partial charge is 0.355 e. The molecule has 0 atom stereocenters. The number of carbonyl (C=O) groups excluding carboxylic acids is 1. The topological polar surface area (TPSA) is 77.1 Å². The van der Waals surface area contributed by atoms with Crippen LogP contribution in [0.15, 0.2) is 48.1 Å². The van der Waals surface area contributed by atoms with Crippen molar-refractivity contribution in [3.8, 4) is 0 Å². The molecule has 0 unspecified atom stereocenters. The number of thiazole rings is 1. The standard InChI is InChI=1S/C28H30N6OS/c35-27(28(8-9-28)17-33-11-1-2-12-33)34-13-6-19(7-14-34)24-16-21-22(5-10-29-26(21)32-24)31-20-3-4-23-25(15-20)36-18-30-23/h3-6,10,15-16,18H,1-2,7-9,11-14,17H2,(H2,29,31,32). The van der Waals surface area contributed by atoms with Gasteiger partial charge in [-0.2, -0.15) is 0 Å². The van der Waals surface area contributed by atoms with Crippen LogP contribution in [0, 0.1) is 5.41 Å². The molecule has 184 valence electrons. The van der Waals surface area contributed by atoms with Gasteiger partial charge < -0.3 is 20.1 Å². The number of nitrogens with one attached hydrogen (secondary N) is 2. The van der Waals surface area contributed by atoms with Crippen molar-refractivity contribution in [1.29, 1.82) is 0 Å². The van der Waals surface area contributed by atoms with E-state index in [1.807, 2.05) is 23.8 Å². The molecular formula is C28H30N6OS. The predicted octanol–water partition coefficient (Wildman–Crippen LogP) is 5.41. The lowest BCUT2D eigenvalue weighted by Crippen LogP contribution is -2.44. The highest BCUT2D eigenvalue weighted by Crippen LogP contribution is 2.48. The van der Waals surface area contributed by atoms with Gasteiger partial charge in [0, 0.05) is 42.6 Å². The Balaban J connectivity index is 1.08. The summed E-state index contributed by atoms with van der Waals surface area (Å²) >= 11 is 1.65. The van der Waals surface area contributed by atoms with Crippen molar-refractivity contribution >= 4 is 55.4 Å². The zero-order valence-electron chi connectivity index (χ0n) is 20.3. The van der Waals surface area contributed by atoms with E-state index in [0.717, 1.165) is 79.1 Å². The maximum atomic E-state index is 13.4. The lowest BCUT2D eigenvalue weighted by molar-refractivity contribution is -0.137. The summed E-state index contributed by atoms with van der Waals surface area (Å²) in [7, 11) is 0. The van der Waals surface area contributed by atoms with Crippen molar-refractivity contribution in [1.82, 2.24) is 24.8 Å². The van der Waals surface area contributed by atoms with E-state index in [4.69, 9.17) is 0 Å². The van der Waals surface area contributed by atoms with Gasteiger partial charge in [0.25, 0.3) is 0 Å². The number of carbonyl (C=O) groups is 1. The first kappa shape index (κ1) is 22.0. The molecule has 0 bridgehead atoms. The fourth-order valence-electron chi connectivity index (χ4n) is 5.79. The second kappa shape index (κ2) is 8.71. The van der Waals surface area contributed by atoms with Gasteiger partial charge in [-0.3, -0.25) is 4.79 Å². The number of hydrogen-bond donors (Lipinski definition) is 2. The molecule has 2 fully saturated rings. The molecule has 2 N–H and O–H groups in total. The van der Waals surface area contributed by atoms with E-state index in [1.165, 1.54) is 23.1 Å². The molecule has 1 amide bonds. The van der Waals surface area contributed by atoms with Crippen molar-refractivity contribution in [2.75, 3.05) is 38.0 Å². The summed E-state index contributed by atoms with van der Waals surface area (Å²) in [4.78, 5) is 30.4. The smallest absolute Gasteiger partial charge is 0.230 e. The Morgan fingerprint density at radius 2 is 2.00 bits per heavy atom. The number of amides is 1. The highest BCUT2D eigenvalue weighted by Gasteiger charge is 2.52. The third-order valence-corrected chi connectivity index (χ3v) is 8.81. The lowest BCUT2D eigenvalue weighted by Gasteiger charge is -2.31. The highest BCUT2D eigenvalue weighted by atomic mass is 32.1. The van der Waals surface area contributed by atoms with Gasteiger partial charge in [-0.1, -0.05) is 6.08 Å². The monoisotopic (exact) mass is 498 g/mol. The van der Waals surface area contributed by atoms with Gasteiger partial charge in [0.2, 0.25) is 5.91 Å². The number of anilines is 2. The normalized spacial score (nSPS) is 19.7. The molecule has 5 heterocycles. The van der Waals surface area contributed by atoms with E-state index < -0.39 is 0 Å². The first-order chi connectivity index (χ1) is 17.7. The molecule has 7 rings (SSSR count). The van der Waals surface area contributed by atoms with Gasteiger partial charge in [-0.15, -0.1) is 11.3 Å². The Morgan fingerprint density at radius 3 is 2.81 bits per heavy atom. The Labute approximate surface area is 214 Å². The maximum absolute atomic E-state index is 13.4. The van der Waals surface area contributed by atoms with Crippen LogP contribution in [-0.4, -0.2) is 63.4 Å². The predicted molar refractivity (Wildman–Crippen MR) is 146 cm³/mol. The minimum Gasteiger partial charge on any atom is -0.355 e. The van der Waals surface area contributed by atoms with Gasteiger partial charge in [-0.05, 0) is 81.1 Å². The summed E-state index contributed by atoms with van der Waals surface area (Å²) < 4.78 is 1.17. The van der Waals surface area contributed by atoms with Gasteiger partial charge in [0.15, 0.2) is 0 Å². The van der Waals surface area contributed by atoms with Crippen molar-refractivity contribution in [3.05, 3.63) is 53.8 Å². The summed E-state index contributed by atoms with van der Waals surface area (Å²) in [5.74, 6) is 0.368. The number of likely N-dealkylation sites (tertiary alicyclic amines) is 1. The van der Waals surface area contributed by atoms with Crippen LogP contribution in [0.1, 0.15) is 37.8 Å². The number of rotatable bonds is 6. The molecule has 4 aromatic rings. The van der Waals surface area contributed by atoms with Crippen LogP contribution >= 0.6 is 11.3 Å². The first-order valence-corrected chi connectivity index (χ1v) is 13.8. The van der Waals surface area contributed by atoms with Gasteiger partial charge in [0.1, 0.15) is 5.65 Å². The summed E-state index contributed by atoms with van der Waals surface area (Å²) in [6, 6.07) is 10.5. The van der Waals surface area contributed by atoms with E-state index in [2.05, 4.69) is 54.3 Å². The number of benzene rings is 1. The Hall–Kier alpha value is -3.23. The Morgan fingerprint density at radius 1 is 1.11 bits per heavy atom. The van der Waals surface area contributed by atoms with Gasteiger partial charge in [-0.25, -0.2) is 9.97 Å². The molecular weight excluding hydrogens is 468 g/mol. The van der Waals surface area contributed by atoms with E-state index >= 15 is 0 Å². The molecule has 1 aliphatic carbocycles. The summed E-state index contributed by atoms with van der Waals surface area (Å²) in [6.07, 6.45) is 9.58. The molecule has 36 heavy (non-hydrogen) atoms. The third kappa shape index (κ3) is 3.98. The van der Waals surface area contributed by atoms with Crippen LogP contribution in [-0.2, 0) is 4.79 Å². The number of H-pyrrole nitrogens is 1. The fraction of sp³-hybridized carbons (Fsp3) is 0.393. The third-order valence-electron chi connectivity index (χ3n) is 8.02. The Kier molecular flexibility index (Phi) is 5.32. The molecule has 3 aliphatic rings. The molecule has 2 aliphatic heterocycles. The SMILES string of the molecule is O=C(N1CC=C(c2cc3c(Nc4ccc5ncsc5c4)ccnc3[nH]2)CC1)C1(CN2CCCC2)CC1. The van der Waals surface area contributed by atoms with E-state index in [9.17, 15) is 4.79 Å². The average Bonchev–Trinajstić information content (AvgIpc) is 3.29. The first-order valence-electron chi connectivity index (χ1n) is 13.0. The fourth-order valence-corrected chi connectivity index (χ4v) is 6.51. The molecule has 0 spiro atoms. The van der Waals surface area contributed by atoms with Crippen LogP contribution in [0.25, 0.3) is 26.8 Å². The lowest BCUT2D eigenvalue weighted by atomic mass is 10.00. The molecule has 7 nitrogen and oxygen atoms in total. The van der Waals surface area contributed by atoms with Crippen LogP contribution in [0.3, 0.4) is 0 Å². The minimum absolute atomic E-state index is 0.108. The molecule has 1 saturated heterocycles. The van der Waals surface area contributed by atoms with Crippen molar-refractivity contribution in [2.24, 2.45) is 5.41 Å². The molecule has 3 aromatic heterocycles. The van der Waals surface area contributed by atoms with E-state index in [0.29, 0.717) is 12.5 Å². The summed E-state index contributed by atoms with van der Waals surface area (Å²) in [5.41, 5.74) is 8.08. The highest BCUT2D eigenvalue weighted by molar-refractivity contribution is 7.16. The van der Waals surface area contributed by atoms with Crippen LogP contribution in [0.5, 0.6) is 0 Å². The van der Waals surface area contributed by atoms with Gasteiger partial charge in [0.05, 0.1) is 26.8 Å². The van der Waals surface area contributed by atoms with Crippen LogP contribution in [0.4, 0.5) is 11.4 Å². The number of hydrogen-bond acceptors (Lipinski definition) is 6. The molecule has 1 saturated carbocycles. The Bertz CT molecular complexity index is 1480. The second-order valence-electron chi connectivity index (χ2n) is 10.5. The zero-order valence-corrected chi connectivity index (χ0v) is 21.1. The zero-order chi connectivity index (χ0) is 24.1. The number of aromatic nitrogens is 3. The van der Waals surface area contributed by atoms with Gasteiger partial charge >= 0.3 is 0 Å². The quantitative estimate of drug-likeness (QED) is 0.372. The van der Waals surface area contributed by atoms with Crippen molar-refractivity contribution < 1.29 is 4.79 Å². The second-order valence-corrected chi connectivity index (χ2v) is 11.3. The number of nitrogens with zero attached hydrogens (tertiary/aromatic N) is 4. The van der Waals surface area contributed by atoms with Crippen LogP contribution in [0.2, 0.25) is 0 Å². The molecule has 1 aromatic carbocycles. The number of aromatic amines is 1. The van der Waals surface area contributed by atoms with E-state index in [1.54, 1.807) is 11.3 Å².